The minimum Gasteiger partial charge on any atom is -0.352 e. The Bertz CT molecular complexity index is 931. The van der Waals surface area contributed by atoms with E-state index in [0.717, 1.165) is 35.5 Å². The summed E-state index contributed by atoms with van der Waals surface area (Å²) in [6.07, 6.45) is 5.55. The lowest BCUT2D eigenvalue weighted by atomic mass is 10.1. The average Bonchev–Trinajstić information content (AvgIpc) is 3.29. The van der Waals surface area contributed by atoms with Crippen LogP contribution in [0.4, 0.5) is 0 Å². The van der Waals surface area contributed by atoms with Gasteiger partial charge in [0.05, 0.1) is 12.1 Å². The molecule has 132 valence electrons. The third-order valence-electron chi connectivity index (χ3n) is 4.64. The van der Waals surface area contributed by atoms with Crippen LogP contribution in [-0.4, -0.2) is 31.1 Å². The number of carbonyl (C=O) groups excluding carboxylic acids is 1. The van der Waals surface area contributed by atoms with Crippen molar-refractivity contribution < 1.29 is 4.79 Å². The molecule has 1 amide bonds. The van der Waals surface area contributed by atoms with Crippen molar-refractivity contribution in [3.05, 3.63) is 64.7 Å². The largest absolute Gasteiger partial charge is 0.352 e. The van der Waals surface area contributed by atoms with Gasteiger partial charge in [0.15, 0.2) is 5.82 Å². The van der Waals surface area contributed by atoms with Crippen LogP contribution in [0.5, 0.6) is 0 Å². The van der Waals surface area contributed by atoms with E-state index in [2.05, 4.69) is 31.9 Å². The predicted octanol–water partition coefficient (Wildman–Crippen LogP) is 1.71. The lowest BCUT2D eigenvalue weighted by molar-refractivity contribution is -0.120. The summed E-state index contributed by atoms with van der Waals surface area (Å²) in [5.74, 6) is 0.718. The van der Waals surface area contributed by atoms with E-state index in [4.69, 9.17) is 0 Å². The standard InChI is InChI=1S/C19H20N6O/c1-13-22-23-24-25(13)17-7-5-14(6-8-17)10-19(26)21-12-15-9-16-3-2-4-18(16)20-11-15/h5-9,11H,2-4,10,12H2,1H3,(H,21,26). The molecule has 1 aromatic carbocycles. The average molecular weight is 348 g/mol. The summed E-state index contributed by atoms with van der Waals surface area (Å²) in [6.45, 7) is 2.36. The zero-order valence-electron chi connectivity index (χ0n) is 14.6. The Morgan fingerprint density at radius 2 is 2.04 bits per heavy atom. The monoisotopic (exact) mass is 348 g/mol. The van der Waals surface area contributed by atoms with Crippen LogP contribution in [-0.2, 0) is 30.6 Å². The third kappa shape index (κ3) is 3.46. The summed E-state index contributed by atoms with van der Waals surface area (Å²) in [5.41, 5.74) is 5.41. The molecule has 7 nitrogen and oxygen atoms in total. The van der Waals surface area contributed by atoms with Crippen LogP contribution in [0.3, 0.4) is 0 Å². The van der Waals surface area contributed by atoms with Crippen LogP contribution in [0.2, 0.25) is 0 Å². The number of nitrogens with one attached hydrogen (secondary N) is 1. The van der Waals surface area contributed by atoms with Gasteiger partial charge in [-0.15, -0.1) is 5.10 Å². The molecule has 0 bridgehead atoms. The molecule has 0 radical (unpaired) electrons. The Morgan fingerprint density at radius 3 is 2.81 bits per heavy atom. The zero-order chi connectivity index (χ0) is 17.9. The van der Waals surface area contributed by atoms with E-state index in [9.17, 15) is 4.79 Å². The molecule has 1 aliphatic carbocycles. The van der Waals surface area contributed by atoms with Gasteiger partial charge in [0.25, 0.3) is 0 Å². The fraction of sp³-hybridized carbons (Fsp3) is 0.316. The van der Waals surface area contributed by atoms with E-state index in [0.29, 0.717) is 13.0 Å². The summed E-state index contributed by atoms with van der Waals surface area (Å²) in [4.78, 5) is 16.7. The molecule has 1 N–H and O–H groups in total. The van der Waals surface area contributed by atoms with Crippen molar-refractivity contribution in [3.8, 4) is 5.69 Å². The van der Waals surface area contributed by atoms with E-state index in [1.54, 1.807) is 4.68 Å². The molecule has 0 spiro atoms. The number of rotatable bonds is 5. The van der Waals surface area contributed by atoms with Crippen LogP contribution in [0.1, 0.15) is 34.6 Å². The van der Waals surface area contributed by atoms with E-state index in [1.165, 1.54) is 17.7 Å². The minimum atomic E-state index is -0.00292. The van der Waals surface area contributed by atoms with Crippen LogP contribution in [0.15, 0.2) is 36.5 Å². The second kappa shape index (κ2) is 7.03. The number of benzene rings is 1. The van der Waals surface area contributed by atoms with Crippen molar-refractivity contribution in [2.45, 2.75) is 39.2 Å². The van der Waals surface area contributed by atoms with Crippen molar-refractivity contribution in [2.75, 3.05) is 0 Å². The van der Waals surface area contributed by atoms with E-state index in [-0.39, 0.29) is 5.91 Å². The predicted molar refractivity (Wildman–Crippen MR) is 95.7 cm³/mol. The number of pyridine rings is 1. The molecule has 0 saturated carbocycles. The van der Waals surface area contributed by atoms with Crippen LogP contribution in [0, 0.1) is 6.92 Å². The van der Waals surface area contributed by atoms with Crippen LogP contribution >= 0.6 is 0 Å². The highest BCUT2D eigenvalue weighted by atomic mass is 16.1. The summed E-state index contributed by atoms with van der Waals surface area (Å²) >= 11 is 0. The van der Waals surface area contributed by atoms with Gasteiger partial charge in [0, 0.05) is 18.4 Å². The molecule has 4 rings (SSSR count). The highest BCUT2D eigenvalue weighted by Gasteiger charge is 2.12. The third-order valence-corrected chi connectivity index (χ3v) is 4.64. The Kier molecular flexibility index (Phi) is 4.43. The van der Waals surface area contributed by atoms with Gasteiger partial charge in [-0.3, -0.25) is 9.78 Å². The molecule has 2 aromatic heterocycles. The maximum absolute atomic E-state index is 12.2. The second-order valence-corrected chi connectivity index (χ2v) is 6.56. The first-order valence-electron chi connectivity index (χ1n) is 8.77. The molecule has 0 saturated heterocycles. The van der Waals surface area contributed by atoms with Gasteiger partial charge in [-0.05, 0) is 65.4 Å². The van der Waals surface area contributed by atoms with Crippen LogP contribution in [0.25, 0.3) is 5.69 Å². The lowest BCUT2D eigenvalue weighted by Gasteiger charge is -2.08. The molecule has 7 heteroatoms. The van der Waals surface area contributed by atoms with E-state index >= 15 is 0 Å². The van der Waals surface area contributed by atoms with Crippen molar-refractivity contribution in [1.29, 1.82) is 0 Å². The number of fused-ring (bicyclic) bond motifs is 1. The lowest BCUT2D eigenvalue weighted by Crippen LogP contribution is -2.24. The highest BCUT2D eigenvalue weighted by molar-refractivity contribution is 5.78. The molecular formula is C19H20N6O. The Labute approximate surface area is 151 Å². The summed E-state index contributed by atoms with van der Waals surface area (Å²) < 4.78 is 1.66. The molecular weight excluding hydrogens is 328 g/mol. The smallest absolute Gasteiger partial charge is 0.224 e. The molecule has 2 heterocycles. The normalized spacial score (nSPS) is 12.8. The molecule has 26 heavy (non-hydrogen) atoms. The molecule has 1 aliphatic rings. The number of tetrazole rings is 1. The van der Waals surface area contributed by atoms with Crippen molar-refractivity contribution in [1.82, 2.24) is 30.5 Å². The number of aryl methyl sites for hydroxylation is 3. The van der Waals surface area contributed by atoms with Gasteiger partial charge in [0.2, 0.25) is 5.91 Å². The maximum atomic E-state index is 12.2. The van der Waals surface area contributed by atoms with Crippen molar-refractivity contribution >= 4 is 5.91 Å². The Hall–Kier alpha value is -3.09. The number of hydrogen-bond donors (Lipinski definition) is 1. The maximum Gasteiger partial charge on any atom is 0.224 e. The summed E-state index contributed by atoms with van der Waals surface area (Å²) in [5, 5.41) is 14.4. The fourth-order valence-corrected chi connectivity index (χ4v) is 3.25. The van der Waals surface area contributed by atoms with Gasteiger partial charge in [-0.1, -0.05) is 18.2 Å². The molecule has 0 atom stereocenters. The van der Waals surface area contributed by atoms with Crippen molar-refractivity contribution in [2.24, 2.45) is 0 Å². The Balaban J connectivity index is 1.34. The highest BCUT2D eigenvalue weighted by Crippen LogP contribution is 2.20. The molecule has 0 aliphatic heterocycles. The van der Waals surface area contributed by atoms with Gasteiger partial charge in [-0.2, -0.15) is 4.68 Å². The molecule has 0 fully saturated rings. The quantitative estimate of drug-likeness (QED) is 0.759. The number of carbonyl (C=O) groups is 1. The molecule has 3 aromatic rings. The fourth-order valence-electron chi connectivity index (χ4n) is 3.25. The van der Waals surface area contributed by atoms with E-state index in [1.807, 2.05) is 37.4 Å². The number of amides is 1. The van der Waals surface area contributed by atoms with Gasteiger partial charge < -0.3 is 5.32 Å². The SMILES string of the molecule is Cc1nnnn1-c1ccc(CC(=O)NCc2cnc3c(c2)CCC3)cc1. The van der Waals surface area contributed by atoms with Gasteiger partial charge >= 0.3 is 0 Å². The zero-order valence-corrected chi connectivity index (χ0v) is 14.6. The summed E-state index contributed by atoms with van der Waals surface area (Å²) in [6, 6.07) is 9.84. The number of hydrogen-bond acceptors (Lipinski definition) is 5. The molecule has 0 unspecified atom stereocenters. The van der Waals surface area contributed by atoms with Gasteiger partial charge in [0.1, 0.15) is 0 Å². The topological polar surface area (TPSA) is 85.6 Å². The van der Waals surface area contributed by atoms with Crippen molar-refractivity contribution in [3.63, 3.8) is 0 Å². The van der Waals surface area contributed by atoms with Gasteiger partial charge in [-0.25, -0.2) is 0 Å². The first-order valence-corrected chi connectivity index (χ1v) is 8.77. The Morgan fingerprint density at radius 1 is 1.19 bits per heavy atom. The minimum absolute atomic E-state index is 0.00292. The first kappa shape index (κ1) is 16.4. The second-order valence-electron chi connectivity index (χ2n) is 6.56. The number of nitrogens with zero attached hydrogens (tertiary/aromatic N) is 5. The first-order chi connectivity index (χ1) is 12.7. The van der Waals surface area contributed by atoms with E-state index < -0.39 is 0 Å². The van der Waals surface area contributed by atoms with Crippen LogP contribution < -0.4 is 5.32 Å². The summed E-state index contributed by atoms with van der Waals surface area (Å²) in [7, 11) is 0. The number of aromatic nitrogens is 5.